The molecule has 4 bridgehead atoms. The van der Waals surface area contributed by atoms with Gasteiger partial charge in [-0.1, -0.05) is 6.07 Å². The molecule has 0 spiro atoms. The molecule has 0 aliphatic heterocycles. The van der Waals surface area contributed by atoms with E-state index in [9.17, 15) is 10.1 Å². The van der Waals surface area contributed by atoms with Crippen molar-refractivity contribution in [3.8, 4) is 0 Å². The summed E-state index contributed by atoms with van der Waals surface area (Å²) in [6.45, 7) is 0. The zero-order valence-electron chi connectivity index (χ0n) is 11.3. The molecule has 20 heavy (non-hydrogen) atoms. The van der Waals surface area contributed by atoms with E-state index in [1.54, 1.807) is 6.07 Å². The molecule has 0 radical (unpaired) electrons. The van der Waals surface area contributed by atoms with Crippen molar-refractivity contribution in [1.82, 2.24) is 0 Å². The molecular formula is C16H18BrNO2. The molecule has 0 aromatic heterocycles. The highest BCUT2D eigenvalue weighted by atomic mass is 79.9. The van der Waals surface area contributed by atoms with Crippen molar-refractivity contribution in [2.45, 2.75) is 43.9 Å². The standard InChI is InChI=1S/C16H18BrNO2/c17-14-6-13(1-2-15(14)18(19)20)16-7-10-3-11(8-16)5-12(4-10)9-16/h1-2,6,10-12H,3-5,7-9H2. The Morgan fingerprint density at radius 1 is 1.10 bits per heavy atom. The molecule has 1 aromatic carbocycles. The number of nitro groups is 1. The van der Waals surface area contributed by atoms with Crippen LogP contribution in [-0.4, -0.2) is 4.92 Å². The SMILES string of the molecule is O=[N+]([O-])c1ccc(C23CC4CC(CC(C4)C2)C3)cc1Br. The lowest BCUT2D eigenvalue weighted by Gasteiger charge is -2.57. The van der Waals surface area contributed by atoms with E-state index in [0.717, 1.165) is 17.8 Å². The first-order valence-corrected chi connectivity index (χ1v) is 8.29. The summed E-state index contributed by atoms with van der Waals surface area (Å²) in [5, 5.41) is 11.0. The molecule has 4 aliphatic carbocycles. The van der Waals surface area contributed by atoms with Gasteiger partial charge in [-0.3, -0.25) is 10.1 Å². The van der Waals surface area contributed by atoms with Crippen LogP contribution in [0.1, 0.15) is 44.1 Å². The normalized spacial score (nSPS) is 38.1. The van der Waals surface area contributed by atoms with Gasteiger partial charge in [-0.05, 0) is 89.3 Å². The summed E-state index contributed by atoms with van der Waals surface area (Å²) in [6.07, 6.45) is 8.16. The summed E-state index contributed by atoms with van der Waals surface area (Å²) >= 11 is 3.39. The largest absolute Gasteiger partial charge is 0.283 e. The lowest BCUT2D eigenvalue weighted by Crippen LogP contribution is -2.48. The van der Waals surface area contributed by atoms with E-state index in [4.69, 9.17) is 0 Å². The van der Waals surface area contributed by atoms with Crippen molar-refractivity contribution < 1.29 is 4.92 Å². The van der Waals surface area contributed by atoms with Gasteiger partial charge in [0.25, 0.3) is 5.69 Å². The zero-order valence-corrected chi connectivity index (χ0v) is 12.9. The minimum absolute atomic E-state index is 0.179. The molecule has 0 unspecified atom stereocenters. The van der Waals surface area contributed by atoms with Crippen molar-refractivity contribution in [2.75, 3.05) is 0 Å². The van der Waals surface area contributed by atoms with E-state index in [0.29, 0.717) is 9.89 Å². The van der Waals surface area contributed by atoms with Gasteiger partial charge >= 0.3 is 0 Å². The second-order valence-electron chi connectivity index (χ2n) is 7.12. The molecule has 4 heteroatoms. The summed E-state index contributed by atoms with van der Waals surface area (Å²) in [4.78, 5) is 10.6. The molecule has 0 atom stereocenters. The van der Waals surface area contributed by atoms with Crippen molar-refractivity contribution >= 4 is 21.6 Å². The molecule has 4 fully saturated rings. The Morgan fingerprint density at radius 3 is 2.10 bits per heavy atom. The lowest BCUT2D eigenvalue weighted by atomic mass is 9.48. The highest BCUT2D eigenvalue weighted by molar-refractivity contribution is 9.10. The van der Waals surface area contributed by atoms with Crippen LogP contribution in [0.2, 0.25) is 0 Å². The maximum absolute atomic E-state index is 11.0. The average Bonchev–Trinajstić information content (AvgIpc) is 2.36. The smallest absolute Gasteiger partial charge is 0.258 e. The van der Waals surface area contributed by atoms with Gasteiger partial charge in [0, 0.05) is 6.07 Å². The quantitative estimate of drug-likeness (QED) is 0.574. The Bertz CT molecular complexity index is 549. The number of halogens is 1. The number of nitro benzene ring substituents is 1. The first kappa shape index (κ1) is 12.8. The summed E-state index contributed by atoms with van der Waals surface area (Å²) in [5.74, 6) is 2.70. The second kappa shape index (κ2) is 4.30. The fraction of sp³-hybridized carbons (Fsp3) is 0.625. The third-order valence-corrected chi connectivity index (χ3v) is 6.43. The molecule has 3 nitrogen and oxygen atoms in total. The Hall–Kier alpha value is -0.900. The van der Waals surface area contributed by atoms with E-state index < -0.39 is 0 Å². The Labute approximate surface area is 127 Å². The van der Waals surface area contributed by atoms with Crippen LogP contribution in [0.15, 0.2) is 22.7 Å². The van der Waals surface area contributed by atoms with Gasteiger partial charge in [0.1, 0.15) is 0 Å². The first-order valence-electron chi connectivity index (χ1n) is 7.50. The Morgan fingerprint density at radius 2 is 1.65 bits per heavy atom. The van der Waals surface area contributed by atoms with Gasteiger partial charge in [-0.25, -0.2) is 0 Å². The third kappa shape index (κ3) is 1.84. The number of benzene rings is 1. The van der Waals surface area contributed by atoms with Crippen molar-refractivity contribution in [2.24, 2.45) is 17.8 Å². The van der Waals surface area contributed by atoms with E-state index >= 15 is 0 Å². The van der Waals surface area contributed by atoms with E-state index in [-0.39, 0.29) is 10.6 Å². The predicted molar refractivity (Wildman–Crippen MR) is 80.6 cm³/mol. The van der Waals surface area contributed by atoms with Gasteiger partial charge in [-0.15, -0.1) is 0 Å². The van der Waals surface area contributed by atoms with Crippen molar-refractivity contribution in [1.29, 1.82) is 0 Å². The molecule has 5 rings (SSSR count). The molecule has 4 saturated carbocycles. The van der Waals surface area contributed by atoms with E-state index in [1.165, 1.54) is 44.1 Å². The van der Waals surface area contributed by atoms with Gasteiger partial charge in [0.2, 0.25) is 0 Å². The monoisotopic (exact) mass is 335 g/mol. The molecule has 1 aromatic rings. The van der Waals surface area contributed by atoms with Crippen molar-refractivity contribution in [3.05, 3.63) is 38.3 Å². The highest BCUT2D eigenvalue weighted by Gasteiger charge is 2.51. The number of hydrogen-bond donors (Lipinski definition) is 0. The highest BCUT2D eigenvalue weighted by Crippen LogP contribution is 2.60. The summed E-state index contributed by atoms with van der Waals surface area (Å²) in [6, 6.07) is 5.71. The molecule has 0 heterocycles. The van der Waals surface area contributed by atoms with Crippen LogP contribution >= 0.6 is 15.9 Å². The Kier molecular flexibility index (Phi) is 2.75. The van der Waals surface area contributed by atoms with E-state index in [2.05, 4.69) is 15.9 Å². The third-order valence-electron chi connectivity index (χ3n) is 5.79. The van der Waals surface area contributed by atoms with Crippen LogP contribution < -0.4 is 0 Å². The summed E-state index contributed by atoms with van der Waals surface area (Å²) in [5.41, 5.74) is 1.82. The second-order valence-corrected chi connectivity index (χ2v) is 7.98. The topological polar surface area (TPSA) is 43.1 Å². The summed E-state index contributed by atoms with van der Waals surface area (Å²) < 4.78 is 0.635. The summed E-state index contributed by atoms with van der Waals surface area (Å²) in [7, 11) is 0. The molecule has 0 saturated heterocycles. The fourth-order valence-electron chi connectivity index (χ4n) is 5.45. The van der Waals surface area contributed by atoms with Crippen LogP contribution in [0.4, 0.5) is 5.69 Å². The van der Waals surface area contributed by atoms with Crippen LogP contribution in [0.5, 0.6) is 0 Å². The zero-order chi connectivity index (χ0) is 13.9. The minimum atomic E-state index is -0.312. The van der Waals surface area contributed by atoms with Crippen LogP contribution in [0, 0.1) is 27.9 Å². The van der Waals surface area contributed by atoms with Gasteiger partial charge < -0.3 is 0 Å². The van der Waals surface area contributed by atoms with Crippen LogP contribution in [0.25, 0.3) is 0 Å². The van der Waals surface area contributed by atoms with Crippen molar-refractivity contribution in [3.63, 3.8) is 0 Å². The molecule has 4 aliphatic rings. The molecule has 0 N–H and O–H groups in total. The molecule has 0 amide bonds. The average molecular weight is 336 g/mol. The number of hydrogen-bond acceptors (Lipinski definition) is 2. The molecular weight excluding hydrogens is 318 g/mol. The Balaban J connectivity index is 1.74. The van der Waals surface area contributed by atoms with Gasteiger partial charge in [0.15, 0.2) is 0 Å². The fourth-order valence-corrected chi connectivity index (χ4v) is 5.97. The molecule has 106 valence electrons. The minimum Gasteiger partial charge on any atom is -0.258 e. The van der Waals surface area contributed by atoms with Gasteiger partial charge in [0.05, 0.1) is 9.40 Å². The first-order chi connectivity index (χ1) is 9.56. The maximum atomic E-state index is 11.0. The van der Waals surface area contributed by atoms with Crippen LogP contribution in [0.3, 0.4) is 0 Å². The number of rotatable bonds is 2. The van der Waals surface area contributed by atoms with E-state index in [1.807, 2.05) is 12.1 Å². The van der Waals surface area contributed by atoms with Crippen LogP contribution in [-0.2, 0) is 5.41 Å². The van der Waals surface area contributed by atoms with Gasteiger partial charge in [-0.2, -0.15) is 0 Å². The lowest BCUT2D eigenvalue weighted by molar-refractivity contribution is -0.385. The predicted octanol–water partition coefficient (Wildman–Crippen LogP) is 4.83. The number of nitrogens with zero attached hydrogens (tertiary/aromatic N) is 1. The maximum Gasteiger partial charge on any atom is 0.283 e.